The van der Waals surface area contributed by atoms with Crippen molar-refractivity contribution in [1.29, 1.82) is 0 Å². The predicted molar refractivity (Wildman–Crippen MR) is 144 cm³/mol. The Bertz CT molecular complexity index is 983. The maximum absolute atomic E-state index is 12.5. The molecule has 12 heteroatoms. The van der Waals surface area contributed by atoms with Crippen LogP contribution in [0.2, 0.25) is 0 Å². The Hall–Kier alpha value is -3.54. The Kier molecular flexibility index (Phi) is 14.8. The summed E-state index contributed by atoms with van der Waals surface area (Å²) >= 11 is 0. The fourth-order valence-corrected chi connectivity index (χ4v) is 3.69. The Morgan fingerprint density at radius 2 is 1.40 bits per heavy atom. The average Bonchev–Trinajstić information content (AvgIpc) is 2.85. The summed E-state index contributed by atoms with van der Waals surface area (Å²) in [5, 5.41) is 13.0. The van der Waals surface area contributed by atoms with E-state index in [2.05, 4.69) is 5.32 Å². The molecule has 226 valence electrons. The molecule has 0 spiro atoms. The quantitative estimate of drug-likeness (QED) is 0.104. The lowest BCUT2D eigenvalue weighted by atomic mass is 10.00. The number of hydrogen-bond acceptors (Lipinski definition) is 11. The van der Waals surface area contributed by atoms with E-state index in [1.165, 1.54) is 18.2 Å². The lowest BCUT2D eigenvalue weighted by Gasteiger charge is -2.32. The minimum absolute atomic E-state index is 0.0204. The number of carboxylic acid groups (broad SMARTS) is 1. The number of ether oxygens (including phenoxy) is 6. The highest BCUT2D eigenvalue weighted by Crippen LogP contribution is 2.32. The lowest BCUT2D eigenvalue weighted by Crippen LogP contribution is -2.59. The predicted octanol–water partition coefficient (Wildman–Crippen LogP) is 5.98. The molecule has 1 aromatic rings. The maximum atomic E-state index is 12.5. The van der Waals surface area contributed by atoms with Crippen LogP contribution in [0.1, 0.15) is 86.1 Å². The van der Waals surface area contributed by atoms with Crippen LogP contribution in [0.4, 0.5) is 14.4 Å². The van der Waals surface area contributed by atoms with Crippen molar-refractivity contribution in [3.8, 4) is 11.5 Å². The van der Waals surface area contributed by atoms with Crippen LogP contribution in [0, 0.1) is 0 Å². The molecule has 0 aromatic heterocycles. The van der Waals surface area contributed by atoms with Gasteiger partial charge in [-0.15, -0.1) is 0 Å². The number of benzene rings is 1. The number of aliphatic carboxylic acids is 1. The second-order valence-electron chi connectivity index (χ2n) is 9.47. The first-order valence-corrected chi connectivity index (χ1v) is 13.7. The second-order valence-corrected chi connectivity index (χ2v) is 9.47. The lowest BCUT2D eigenvalue weighted by molar-refractivity contribution is -0.166. The maximum Gasteiger partial charge on any atom is 0.514 e. The number of carboxylic acids is 1. The summed E-state index contributed by atoms with van der Waals surface area (Å²) in [5.41, 5.74) is -1.95. The third-order valence-corrected chi connectivity index (χ3v) is 5.79. The van der Waals surface area contributed by atoms with Gasteiger partial charge in [-0.3, -0.25) is 5.32 Å². The van der Waals surface area contributed by atoms with Gasteiger partial charge in [0.2, 0.25) is 0 Å². The van der Waals surface area contributed by atoms with Gasteiger partial charge in [-0.25, -0.2) is 19.2 Å². The first-order valence-electron chi connectivity index (χ1n) is 13.7. The molecule has 0 aliphatic rings. The van der Waals surface area contributed by atoms with Gasteiger partial charge >= 0.3 is 24.4 Å². The van der Waals surface area contributed by atoms with Crippen LogP contribution in [0.3, 0.4) is 0 Å². The molecule has 0 aliphatic carbocycles. The fraction of sp³-hybridized carbons (Fsp3) is 0.643. The molecule has 3 unspecified atom stereocenters. The van der Waals surface area contributed by atoms with Crippen molar-refractivity contribution in [2.75, 3.05) is 6.61 Å². The van der Waals surface area contributed by atoms with E-state index in [1.807, 2.05) is 20.8 Å². The van der Waals surface area contributed by atoms with Crippen molar-refractivity contribution in [2.45, 2.75) is 111 Å². The summed E-state index contributed by atoms with van der Waals surface area (Å²) in [6, 6.07) is 3.70. The van der Waals surface area contributed by atoms with Crippen LogP contribution >= 0.6 is 0 Å². The highest BCUT2D eigenvalue weighted by molar-refractivity contribution is 5.80. The van der Waals surface area contributed by atoms with Crippen LogP contribution < -0.4 is 14.8 Å². The van der Waals surface area contributed by atoms with Crippen LogP contribution in [-0.4, -0.2) is 60.1 Å². The van der Waals surface area contributed by atoms with Gasteiger partial charge in [-0.2, -0.15) is 0 Å². The molecule has 40 heavy (non-hydrogen) atoms. The van der Waals surface area contributed by atoms with Crippen LogP contribution in [0.15, 0.2) is 18.2 Å². The van der Waals surface area contributed by atoms with Gasteiger partial charge in [0, 0.05) is 12.5 Å². The molecular weight excluding hydrogens is 526 g/mol. The summed E-state index contributed by atoms with van der Waals surface area (Å²) < 4.78 is 31.2. The monoisotopic (exact) mass is 569 g/mol. The first-order chi connectivity index (χ1) is 18.9. The van der Waals surface area contributed by atoms with Crippen LogP contribution in [0.25, 0.3) is 0 Å². The molecule has 0 saturated carbocycles. The summed E-state index contributed by atoms with van der Waals surface area (Å²) in [6.45, 7) is 12.4. The Morgan fingerprint density at radius 3 is 1.88 bits per heavy atom. The molecule has 2 N–H and O–H groups in total. The number of hydrogen-bond donors (Lipinski definition) is 2. The Balaban J connectivity index is 3.42. The Morgan fingerprint density at radius 1 is 0.850 bits per heavy atom. The standard InChI is InChI=1S/C28H43NO11/c1-8-12-19(6)36-26(33)38-22-15-14-21(16-23(22)39-27(34)37-20(7)13-9-2)17-28(24(30)31,29-18(5)10-3)40-25(32)35-11-4/h14-16,18-20,29H,8-13,17H2,1-7H3,(H,30,31)/t18?,19?,20?,28-/m0/s1. The highest BCUT2D eigenvalue weighted by atomic mass is 16.8. The zero-order valence-electron chi connectivity index (χ0n) is 24.4. The van der Waals surface area contributed by atoms with E-state index in [0.717, 1.165) is 12.8 Å². The van der Waals surface area contributed by atoms with Crippen molar-refractivity contribution in [3.05, 3.63) is 23.8 Å². The molecule has 0 bridgehead atoms. The average molecular weight is 570 g/mol. The summed E-state index contributed by atoms with van der Waals surface area (Å²) in [4.78, 5) is 49.5. The van der Waals surface area contributed by atoms with Gasteiger partial charge in [0.15, 0.2) is 11.5 Å². The minimum Gasteiger partial charge on any atom is -0.477 e. The molecular formula is C28H43NO11. The zero-order valence-corrected chi connectivity index (χ0v) is 24.4. The van der Waals surface area contributed by atoms with Crippen molar-refractivity contribution >= 4 is 24.4 Å². The second kappa shape index (κ2) is 17.2. The SMILES string of the molecule is CCCC(C)OC(=O)Oc1ccc(C[C@](NC(C)CC)(OC(=O)OCC)C(=O)O)cc1OC(=O)OC(C)CCC. The molecule has 1 aromatic carbocycles. The van der Waals surface area contributed by atoms with Gasteiger partial charge < -0.3 is 33.5 Å². The van der Waals surface area contributed by atoms with Crippen molar-refractivity contribution in [3.63, 3.8) is 0 Å². The molecule has 0 saturated heterocycles. The number of nitrogens with one attached hydrogen (secondary N) is 1. The molecule has 0 fully saturated rings. The Labute approximate surface area is 235 Å². The molecule has 0 aliphatic heterocycles. The normalized spacial score (nSPS) is 14.6. The molecule has 12 nitrogen and oxygen atoms in total. The van der Waals surface area contributed by atoms with E-state index in [1.54, 1.807) is 27.7 Å². The summed E-state index contributed by atoms with van der Waals surface area (Å²) in [5.74, 6) is -1.84. The van der Waals surface area contributed by atoms with Gasteiger partial charge in [0.25, 0.3) is 5.72 Å². The van der Waals surface area contributed by atoms with E-state index in [0.29, 0.717) is 19.3 Å². The van der Waals surface area contributed by atoms with E-state index in [-0.39, 0.29) is 36.1 Å². The van der Waals surface area contributed by atoms with Gasteiger partial charge in [-0.05, 0) is 64.7 Å². The number of carbonyl (C=O) groups is 4. The number of rotatable bonds is 16. The number of carbonyl (C=O) groups excluding carboxylic acids is 3. The highest BCUT2D eigenvalue weighted by Gasteiger charge is 2.44. The van der Waals surface area contributed by atoms with Crippen molar-refractivity contribution < 1.29 is 52.7 Å². The topological polar surface area (TPSA) is 156 Å². The largest absolute Gasteiger partial charge is 0.514 e. The van der Waals surface area contributed by atoms with Gasteiger partial charge in [-0.1, -0.05) is 39.7 Å². The van der Waals surface area contributed by atoms with Crippen molar-refractivity contribution in [1.82, 2.24) is 5.32 Å². The van der Waals surface area contributed by atoms with E-state index in [9.17, 15) is 24.3 Å². The molecule has 0 amide bonds. The van der Waals surface area contributed by atoms with E-state index in [4.69, 9.17) is 28.4 Å². The third kappa shape index (κ3) is 11.7. The molecule has 1 rings (SSSR count). The minimum atomic E-state index is -2.22. The van der Waals surface area contributed by atoms with Crippen LogP contribution in [-0.2, 0) is 30.2 Å². The zero-order chi connectivity index (χ0) is 30.3. The van der Waals surface area contributed by atoms with E-state index >= 15 is 0 Å². The fourth-order valence-electron chi connectivity index (χ4n) is 3.69. The first kappa shape index (κ1) is 34.5. The molecule has 4 atom stereocenters. The summed E-state index contributed by atoms with van der Waals surface area (Å²) in [7, 11) is 0. The smallest absolute Gasteiger partial charge is 0.477 e. The molecule has 0 radical (unpaired) electrons. The molecule has 0 heterocycles. The van der Waals surface area contributed by atoms with Gasteiger partial charge in [0.1, 0.15) is 12.2 Å². The third-order valence-electron chi connectivity index (χ3n) is 5.79. The van der Waals surface area contributed by atoms with E-state index < -0.39 is 42.4 Å². The van der Waals surface area contributed by atoms with Crippen LogP contribution in [0.5, 0.6) is 11.5 Å². The van der Waals surface area contributed by atoms with Gasteiger partial charge in [0.05, 0.1) is 6.61 Å². The summed E-state index contributed by atoms with van der Waals surface area (Å²) in [6.07, 6.45) is -1.10. The van der Waals surface area contributed by atoms with Crippen molar-refractivity contribution in [2.24, 2.45) is 0 Å².